The molecule has 0 bridgehead atoms. The fourth-order valence-corrected chi connectivity index (χ4v) is 4.09. The summed E-state index contributed by atoms with van der Waals surface area (Å²) in [5.74, 6) is -0.279. The first-order chi connectivity index (χ1) is 14.0. The van der Waals surface area contributed by atoms with Gasteiger partial charge in [0, 0.05) is 27.1 Å². The van der Waals surface area contributed by atoms with Crippen molar-refractivity contribution >= 4 is 40.8 Å². The molecule has 1 heterocycles. The third-order valence-electron chi connectivity index (χ3n) is 4.77. The molecule has 2 amide bonds. The first-order valence-electron chi connectivity index (χ1n) is 9.33. The minimum absolute atomic E-state index is 0.0968. The highest BCUT2D eigenvalue weighted by molar-refractivity contribution is 7.97. The van der Waals surface area contributed by atoms with E-state index < -0.39 is 0 Å². The Balaban J connectivity index is 1.49. The van der Waals surface area contributed by atoms with Crippen LogP contribution in [0, 0.1) is 6.92 Å². The third kappa shape index (κ3) is 4.70. The van der Waals surface area contributed by atoms with E-state index in [1.54, 1.807) is 12.1 Å². The smallest absolute Gasteiger partial charge is 0.265 e. The molecule has 2 aromatic carbocycles. The molecule has 0 radical (unpaired) electrons. The summed E-state index contributed by atoms with van der Waals surface area (Å²) in [5, 5.41) is 11.5. The lowest BCUT2D eigenvalue weighted by Gasteiger charge is -2.10. The van der Waals surface area contributed by atoms with Crippen molar-refractivity contribution < 1.29 is 9.59 Å². The number of amides is 2. The lowest BCUT2D eigenvalue weighted by Crippen LogP contribution is -2.25. The van der Waals surface area contributed by atoms with Crippen LogP contribution < -0.4 is 15.8 Å². The van der Waals surface area contributed by atoms with E-state index in [0.29, 0.717) is 22.2 Å². The Hall–Kier alpha value is -2.61. The summed E-state index contributed by atoms with van der Waals surface area (Å²) in [6.45, 7) is 1.91. The first kappa shape index (κ1) is 19.7. The predicted octanol–water partition coefficient (Wildman–Crippen LogP) is 4.83. The van der Waals surface area contributed by atoms with E-state index in [1.807, 2.05) is 49.4 Å². The Morgan fingerprint density at radius 1 is 1.03 bits per heavy atom. The van der Waals surface area contributed by atoms with Crippen LogP contribution in [0.3, 0.4) is 0 Å². The number of thiophene rings is 1. The summed E-state index contributed by atoms with van der Waals surface area (Å²) in [6, 6.07) is 17.3. The van der Waals surface area contributed by atoms with Crippen molar-refractivity contribution in [3.05, 3.63) is 70.6 Å². The summed E-state index contributed by atoms with van der Waals surface area (Å²) < 4.78 is 0. The molecule has 1 aliphatic carbocycles. The topological polar surface area (TPSA) is 84.2 Å². The lowest BCUT2D eigenvalue weighted by atomic mass is 10.1. The molecule has 1 saturated carbocycles. The summed E-state index contributed by atoms with van der Waals surface area (Å²) in [5.41, 5.74) is 3.16. The Morgan fingerprint density at radius 2 is 1.79 bits per heavy atom. The van der Waals surface area contributed by atoms with Crippen molar-refractivity contribution in [1.29, 1.82) is 0 Å². The second kappa shape index (κ2) is 8.41. The van der Waals surface area contributed by atoms with Gasteiger partial charge in [0.2, 0.25) is 0 Å². The number of hydrogen-bond acceptors (Lipinski definition) is 5. The van der Waals surface area contributed by atoms with Crippen LogP contribution in [0.4, 0.5) is 5.69 Å². The molecule has 4 rings (SSSR count). The van der Waals surface area contributed by atoms with Crippen molar-refractivity contribution in [2.24, 2.45) is 5.14 Å². The van der Waals surface area contributed by atoms with Crippen LogP contribution in [0.15, 0.2) is 59.5 Å². The summed E-state index contributed by atoms with van der Waals surface area (Å²) >= 11 is 2.64. The van der Waals surface area contributed by atoms with Crippen LogP contribution in [0.25, 0.3) is 10.4 Å². The zero-order chi connectivity index (χ0) is 20.4. The maximum absolute atomic E-state index is 12.8. The average molecular weight is 424 g/mol. The Morgan fingerprint density at radius 3 is 2.48 bits per heavy atom. The zero-order valence-corrected chi connectivity index (χ0v) is 17.5. The zero-order valence-electron chi connectivity index (χ0n) is 15.9. The summed E-state index contributed by atoms with van der Waals surface area (Å²) in [7, 11) is 0. The monoisotopic (exact) mass is 423 g/mol. The number of anilines is 1. The van der Waals surface area contributed by atoms with Crippen LogP contribution in [0.1, 0.15) is 38.4 Å². The number of hydrogen-bond donors (Lipinski definition) is 3. The lowest BCUT2D eigenvalue weighted by molar-refractivity contribution is 0.0949. The predicted molar refractivity (Wildman–Crippen MR) is 119 cm³/mol. The van der Waals surface area contributed by atoms with Gasteiger partial charge in [0.25, 0.3) is 11.8 Å². The largest absolute Gasteiger partial charge is 0.349 e. The van der Waals surface area contributed by atoms with Crippen molar-refractivity contribution in [1.82, 2.24) is 5.32 Å². The Kier molecular flexibility index (Phi) is 5.71. The minimum Gasteiger partial charge on any atom is -0.349 e. The molecule has 29 heavy (non-hydrogen) atoms. The quantitative estimate of drug-likeness (QED) is 0.496. The molecule has 0 aliphatic heterocycles. The maximum Gasteiger partial charge on any atom is 0.265 e. The molecular formula is C22H21N3O2S2. The van der Waals surface area contributed by atoms with Gasteiger partial charge in [0.1, 0.15) is 0 Å². The Bertz CT molecular complexity index is 1060. The van der Waals surface area contributed by atoms with Crippen molar-refractivity contribution in [3.63, 3.8) is 0 Å². The highest BCUT2D eigenvalue weighted by Gasteiger charge is 2.24. The Labute approximate surface area is 177 Å². The van der Waals surface area contributed by atoms with Gasteiger partial charge in [-0.2, -0.15) is 0 Å². The molecule has 3 aromatic rings. The first-order valence-corrected chi connectivity index (χ1v) is 11.0. The minimum atomic E-state index is -0.182. The second-order valence-electron chi connectivity index (χ2n) is 7.04. The molecule has 0 spiro atoms. The standard InChI is InChI=1S/C22H21N3O2S2/c1-13-2-3-15(21(26)24-16-6-7-16)12-18(13)25-22(27)20-11-10-19(28-20)14-4-8-17(29-23)9-5-14/h2-5,8-12,16H,6-7,23H2,1H3,(H,24,26)(H,25,27). The number of carbonyl (C=O) groups excluding carboxylic acids is 2. The van der Waals surface area contributed by atoms with Crippen LogP contribution in [0.5, 0.6) is 0 Å². The van der Waals surface area contributed by atoms with Crippen molar-refractivity contribution in [2.45, 2.75) is 30.7 Å². The number of aryl methyl sites for hydroxylation is 1. The van der Waals surface area contributed by atoms with Crippen LogP contribution in [-0.4, -0.2) is 17.9 Å². The number of nitrogens with one attached hydrogen (secondary N) is 2. The van der Waals surface area contributed by atoms with E-state index in [2.05, 4.69) is 10.6 Å². The SMILES string of the molecule is Cc1ccc(C(=O)NC2CC2)cc1NC(=O)c1ccc(-c2ccc(SN)cc2)s1. The van der Waals surface area contributed by atoms with E-state index in [4.69, 9.17) is 5.14 Å². The van der Waals surface area contributed by atoms with Crippen molar-refractivity contribution in [2.75, 3.05) is 5.32 Å². The van der Waals surface area contributed by atoms with Gasteiger partial charge in [-0.1, -0.05) is 18.2 Å². The normalized spacial score (nSPS) is 13.2. The molecule has 1 aromatic heterocycles. The van der Waals surface area contributed by atoms with Gasteiger partial charge in [0.15, 0.2) is 0 Å². The van der Waals surface area contributed by atoms with Gasteiger partial charge in [-0.15, -0.1) is 11.3 Å². The van der Waals surface area contributed by atoms with Crippen molar-refractivity contribution in [3.8, 4) is 10.4 Å². The molecule has 0 saturated heterocycles. The summed E-state index contributed by atoms with van der Waals surface area (Å²) in [6.07, 6.45) is 2.07. The number of carbonyl (C=O) groups is 2. The fraction of sp³-hybridized carbons (Fsp3) is 0.182. The molecule has 7 heteroatoms. The molecule has 4 N–H and O–H groups in total. The van der Waals surface area contributed by atoms with Gasteiger partial charge in [-0.05, 0) is 79.2 Å². The molecule has 0 atom stereocenters. The number of nitrogens with two attached hydrogens (primary N) is 1. The fourth-order valence-electron chi connectivity index (χ4n) is 2.89. The van der Waals surface area contributed by atoms with Gasteiger partial charge < -0.3 is 10.6 Å². The molecule has 0 unspecified atom stereocenters. The molecular weight excluding hydrogens is 402 g/mol. The van der Waals surface area contributed by atoms with Gasteiger partial charge in [-0.25, -0.2) is 0 Å². The number of rotatable bonds is 6. The van der Waals surface area contributed by atoms with E-state index in [-0.39, 0.29) is 11.8 Å². The second-order valence-corrected chi connectivity index (χ2v) is 8.83. The average Bonchev–Trinajstić information content (AvgIpc) is 3.40. The highest BCUT2D eigenvalue weighted by atomic mass is 32.2. The maximum atomic E-state index is 12.8. The van der Waals surface area contributed by atoms with Gasteiger partial charge >= 0.3 is 0 Å². The summed E-state index contributed by atoms with van der Waals surface area (Å²) in [4.78, 5) is 27.7. The third-order valence-corrected chi connectivity index (χ3v) is 6.44. The van der Waals surface area contributed by atoms with Crippen LogP contribution >= 0.6 is 23.3 Å². The van der Waals surface area contributed by atoms with E-state index >= 15 is 0 Å². The van der Waals surface area contributed by atoms with E-state index in [1.165, 1.54) is 23.3 Å². The van der Waals surface area contributed by atoms with Gasteiger partial charge in [-0.3, -0.25) is 14.7 Å². The van der Waals surface area contributed by atoms with E-state index in [0.717, 1.165) is 33.7 Å². The highest BCUT2D eigenvalue weighted by Crippen LogP contribution is 2.30. The van der Waals surface area contributed by atoms with E-state index in [9.17, 15) is 9.59 Å². The van der Waals surface area contributed by atoms with Crippen LogP contribution in [-0.2, 0) is 0 Å². The molecule has 148 valence electrons. The molecule has 5 nitrogen and oxygen atoms in total. The van der Waals surface area contributed by atoms with Gasteiger partial charge in [0.05, 0.1) is 4.88 Å². The van der Waals surface area contributed by atoms with Crippen LogP contribution in [0.2, 0.25) is 0 Å². The molecule has 1 fully saturated rings. The number of benzene rings is 2. The molecule has 1 aliphatic rings.